The summed E-state index contributed by atoms with van der Waals surface area (Å²) in [5.41, 5.74) is 0. The van der Waals surface area contributed by atoms with E-state index in [1.54, 1.807) is 6.92 Å². The summed E-state index contributed by atoms with van der Waals surface area (Å²) in [6.07, 6.45) is 0.219. The normalized spacial score (nSPS) is 13.4. The van der Waals surface area contributed by atoms with Gasteiger partial charge in [0.2, 0.25) is 0 Å². The second-order valence-electron chi connectivity index (χ2n) is 3.35. The Labute approximate surface area is 74.6 Å². The van der Waals surface area contributed by atoms with Gasteiger partial charge in [0.1, 0.15) is 0 Å². The first-order chi connectivity index (χ1) is 5.57. The first-order valence-electron chi connectivity index (χ1n) is 4.37. The van der Waals surface area contributed by atoms with Gasteiger partial charge in [-0.05, 0) is 20.8 Å². The highest BCUT2D eigenvalue weighted by atomic mass is 16.3. The van der Waals surface area contributed by atoms with Crippen molar-refractivity contribution in [1.82, 2.24) is 4.90 Å². The fourth-order valence-corrected chi connectivity index (χ4v) is 1.09. The first kappa shape index (κ1) is 11.4. The van der Waals surface area contributed by atoms with Gasteiger partial charge in [0.05, 0.1) is 12.2 Å². The molecule has 0 aromatic carbocycles. The molecule has 12 heavy (non-hydrogen) atoms. The fourth-order valence-electron chi connectivity index (χ4n) is 1.09. The van der Waals surface area contributed by atoms with E-state index in [9.17, 15) is 0 Å². The van der Waals surface area contributed by atoms with Crippen LogP contribution < -0.4 is 0 Å². The SMILES string of the molecule is CC(C)N(CCC#N)C[C@@H](C)O. The van der Waals surface area contributed by atoms with Crippen molar-refractivity contribution < 1.29 is 5.11 Å². The number of aliphatic hydroxyl groups is 1. The van der Waals surface area contributed by atoms with Crippen molar-refractivity contribution in [2.75, 3.05) is 13.1 Å². The minimum absolute atomic E-state index is 0.314. The second kappa shape index (κ2) is 5.99. The Balaban J connectivity index is 3.80. The second-order valence-corrected chi connectivity index (χ2v) is 3.35. The zero-order valence-corrected chi connectivity index (χ0v) is 8.12. The minimum atomic E-state index is -0.314. The molecule has 0 saturated carbocycles. The predicted octanol–water partition coefficient (Wildman–Crippen LogP) is 0.991. The zero-order chi connectivity index (χ0) is 9.56. The molecule has 0 spiro atoms. The van der Waals surface area contributed by atoms with Gasteiger partial charge in [-0.2, -0.15) is 5.26 Å². The summed E-state index contributed by atoms with van der Waals surface area (Å²) in [5, 5.41) is 17.5. The highest BCUT2D eigenvalue weighted by molar-refractivity contribution is 4.74. The fraction of sp³-hybridized carbons (Fsp3) is 0.889. The van der Waals surface area contributed by atoms with Crippen LogP contribution in [0.5, 0.6) is 0 Å². The highest BCUT2D eigenvalue weighted by Gasteiger charge is 2.10. The van der Waals surface area contributed by atoms with Crippen LogP contribution >= 0.6 is 0 Å². The Morgan fingerprint density at radius 1 is 1.42 bits per heavy atom. The largest absolute Gasteiger partial charge is 0.392 e. The summed E-state index contributed by atoms with van der Waals surface area (Å²) in [7, 11) is 0. The van der Waals surface area contributed by atoms with Gasteiger partial charge in [0.25, 0.3) is 0 Å². The van der Waals surface area contributed by atoms with E-state index in [1.807, 2.05) is 0 Å². The maximum absolute atomic E-state index is 9.15. The molecule has 3 nitrogen and oxygen atoms in total. The van der Waals surface area contributed by atoms with Gasteiger partial charge in [0.15, 0.2) is 0 Å². The average Bonchev–Trinajstić information content (AvgIpc) is 1.96. The minimum Gasteiger partial charge on any atom is -0.392 e. The van der Waals surface area contributed by atoms with Crippen LogP contribution in [0.25, 0.3) is 0 Å². The summed E-state index contributed by atoms with van der Waals surface area (Å²) in [6, 6.07) is 2.50. The van der Waals surface area contributed by atoms with E-state index in [0.717, 1.165) is 6.54 Å². The van der Waals surface area contributed by atoms with Crippen LogP contribution in [-0.4, -0.2) is 35.2 Å². The molecule has 0 heterocycles. The molecule has 0 amide bonds. The highest BCUT2D eigenvalue weighted by Crippen LogP contribution is 2.00. The van der Waals surface area contributed by atoms with Gasteiger partial charge in [-0.3, -0.25) is 4.90 Å². The third-order valence-electron chi connectivity index (χ3n) is 1.74. The molecule has 0 aliphatic carbocycles. The summed E-state index contributed by atoms with van der Waals surface area (Å²) in [4.78, 5) is 2.11. The van der Waals surface area contributed by atoms with Crippen molar-refractivity contribution in [3.63, 3.8) is 0 Å². The van der Waals surface area contributed by atoms with E-state index >= 15 is 0 Å². The Morgan fingerprint density at radius 2 is 2.00 bits per heavy atom. The zero-order valence-electron chi connectivity index (χ0n) is 8.12. The molecule has 0 fully saturated rings. The third kappa shape index (κ3) is 5.11. The Bertz CT molecular complexity index is 149. The van der Waals surface area contributed by atoms with Crippen molar-refractivity contribution in [2.45, 2.75) is 39.3 Å². The summed E-state index contributed by atoms with van der Waals surface area (Å²) in [5.74, 6) is 0. The molecule has 1 atom stereocenters. The molecule has 0 unspecified atom stereocenters. The number of rotatable bonds is 5. The van der Waals surface area contributed by atoms with E-state index < -0.39 is 0 Å². The molecule has 1 N–H and O–H groups in total. The number of hydrogen-bond donors (Lipinski definition) is 1. The van der Waals surface area contributed by atoms with Crippen molar-refractivity contribution in [1.29, 1.82) is 5.26 Å². The van der Waals surface area contributed by atoms with Crippen molar-refractivity contribution in [2.24, 2.45) is 0 Å². The Hall–Kier alpha value is -0.590. The first-order valence-corrected chi connectivity index (χ1v) is 4.37. The van der Waals surface area contributed by atoms with E-state index in [0.29, 0.717) is 19.0 Å². The van der Waals surface area contributed by atoms with Gasteiger partial charge in [-0.25, -0.2) is 0 Å². The average molecular weight is 170 g/mol. The van der Waals surface area contributed by atoms with Crippen LogP contribution in [0, 0.1) is 11.3 Å². The maximum atomic E-state index is 9.15. The topological polar surface area (TPSA) is 47.3 Å². The molecule has 0 aliphatic rings. The molecule has 0 rings (SSSR count). The Morgan fingerprint density at radius 3 is 2.33 bits per heavy atom. The molecule has 0 aliphatic heterocycles. The predicted molar refractivity (Wildman–Crippen MR) is 48.6 cm³/mol. The van der Waals surface area contributed by atoms with Gasteiger partial charge in [0, 0.05) is 25.6 Å². The summed E-state index contributed by atoms with van der Waals surface area (Å²) >= 11 is 0. The molecular formula is C9H18N2O. The molecule has 0 radical (unpaired) electrons. The smallest absolute Gasteiger partial charge is 0.0639 e. The van der Waals surface area contributed by atoms with Gasteiger partial charge >= 0.3 is 0 Å². The summed E-state index contributed by atoms with van der Waals surface area (Å²) < 4.78 is 0. The molecule has 0 aromatic heterocycles. The number of hydrogen-bond acceptors (Lipinski definition) is 3. The molecule has 0 saturated heterocycles. The van der Waals surface area contributed by atoms with E-state index in [1.165, 1.54) is 0 Å². The lowest BCUT2D eigenvalue weighted by atomic mass is 10.2. The van der Waals surface area contributed by atoms with E-state index in [4.69, 9.17) is 10.4 Å². The van der Waals surface area contributed by atoms with Crippen molar-refractivity contribution in [3.05, 3.63) is 0 Å². The third-order valence-corrected chi connectivity index (χ3v) is 1.74. The summed E-state index contributed by atoms with van der Waals surface area (Å²) in [6.45, 7) is 7.31. The lowest BCUT2D eigenvalue weighted by Gasteiger charge is -2.26. The Kier molecular flexibility index (Phi) is 5.69. The standard InChI is InChI=1S/C9H18N2O/c1-8(2)11(6-4-5-10)7-9(3)12/h8-9,12H,4,6-7H2,1-3H3/t9-/m1/s1. The molecule has 3 heteroatoms. The van der Waals surface area contributed by atoms with E-state index in [-0.39, 0.29) is 6.10 Å². The van der Waals surface area contributed by atoms with Crippen LogP contribution in [0.3, 0.4) is 0 Å². The maximum Gasteiger partial charge on any atom is 0.0639 e. The van der Waals surface area contributed by atoms with E-state index in [2.05, 4.69) is 24.8 Å². The monoisotopic (exact) mass is 170 g/mol. The molecule has 0 aromatic rings. The van der Waals surface area contributed by atoms with Crippen LogP contribution in [-0.2, 0) is 0 Å². The van der Waals surface area contributed by atoms with Crippen molar-refractivity contribution in [3.8, 4) is 6.07 Å². The lowest BCUT2D eigenvalue weighted by Crippen LogP contribution is -2.37. The quantitative estimate of drug-likeness (QED) is 0.669. The number of aliphatic hydroxyl groups excluding tert-OH is 1. The molecule has 70 valence electrons. The lowest BCUT2D eigenvalue weighted by molar-refractivity contribution is 0.109. The van der Waals surface area contributed by atoms with Crippen molar-refractivity contribution >= 4 is 0 Å². The molecule has 0 bridgehead atoms. The van der Waals surface area contributed by atoms with Gasteiger partial charge in [-0.1, -0.05) is 0 Å². The van der Waals surface area contributed by atoms with Crippen LogP contribution in [0.1, 0.15) is 27.2 Å². The number of nitrogens with zero attached hydrogens (tertiary/aromatic N) is 2. The van der Waals surface area contributed by atoms with Crippen LogP contribution in [0.4, 0.5) is 0 Å². The van der Waals surface area contributed by atoms with Gasteiger partial charge in [-0.15, -0.1) is 0 Å². The van der Waals surface area contributed by atoms with Crippen LogP contribution in [0.2, 0.25) is 0 Å². The van der Waals surface area contributed by atoms with Crippen LogP contribution in [0.15, 0.2) is 0 Å². The van der Waals surface area contributed by atoms with Gasteiger partial charge < -0.3 is 5.11 Å². The number of nitriles is 1. The molecular weight excluding hydrogens is 152 g/mol.